The molecule has 0 amide bonds. The Morgan fingerprint density at radius 1 is 1.39 bits per heavy atom. The maximum Gasteiger partial charge on any atom is 0.122 e. The van der Waals surface area contributed by atoms with Gasteiger partial charge in [-0.15, -0.1) is 6.58 Å². The first-order chi connectivity index (χ1) is 8.69. The van der Waals surface area contributed by atoms with E-state index < -0.39 is 0 Å². The normalized spacial score (nSPS) is 12.2. The van der Waals surface area contributed by atoms with Gasteiger partial charge < -0.3 is 15.2 Å². The minimum Gasteiger partial charge on any atom is -0.491 e. The summed E-state index contributed by atoms with van der Waals surface area (Å²) >= 11 is 0. The highest BCUT2D eigenvalue weighted by Crippen LogP contribution is 2.23. The monoisotopic (exact) mass is 249 g/mol. The Balaban J connectivity index is 2.73. The van der Waals surface area contributed by atoms with Gasteiger partial charge in [0.15, 0.2) is 0 Å². The topological polar surface area (TPSA) is 44.5 Å². The lowest BCUT2D eigenvalue weighted by Gasteiger charge is -2.13. The maximum absolute atomic E-state index is 5.88. The van der Waals surface area contributed by atoms with E-state index in [1.54, 1.807) is 0 Å². The summed E-state index contributed by atoms with van der Waals surface area (Å²) in [6.45, 7) is 9.61. The summed E-state index contributed by atoms with van der Waals surface area (Å²) in [5, 5.41) is 0. The summed E-state index contributed by atoms with van der Waals surface area (Å²) < 4.78 is 11.0. The molecular weight excluding hydrogens is 226 g/mol. The zero-order valence-corrected chi connectivity index (χ0v) is 11.3. The highest BCUT2D eigenvalue weighted by Gasteiger charge is 2.06. The molecule has 0 spiro atoms. The van der Waals surface area contributed by atoms with Gasteiger partial charge in [0.05, 0.1) is 6.61 Å². The van der Waals surface area contributed by atoms with Gasteiger partial charge in [-0.1, -0.05) is 18.2 Å². The van der Waals surface area contributed by atoms with Gasteiger partial charge >= 0.3 is 0 Å². The Bertz CT molecular complexity index is 375. The van der Waals surface area contributed by atoms with Crippen molar-refractivity contribution in [1.29, 1.82) is 0 Å². The van der Waals surface area contributed by atoms with Crippen molar-refractivity contribution in [2.45, 2.75) is 26.3 Å². The van der Waals surface area contributed by atoms with Crippen LogP contribution in [-0.4, -0.2) is 19.8 Å². The molecule has 0 saturated heterocycles. The van der Waals surface area contributed by atoms with Crippen LogP contribution in [0.15, 0.2) is 30.9 Å². The summed E-state index contributed by atoms with van der Waals surface area (Å²) in [5.74, 6) is 0.888. The third kappa shape index (κ3) is 4.51. The highest BCUT2D eigenvalue weighted by molar-refractivity contribution is 5.39. The van der Waals surface area contributed by atoms with E-state index in [-0.39, 0.29) is 6.04 Å². The van der Waals surface area contributed by atoms with Crippen LogP contribution in [-0.2, 0) is 11.2 Å². The van der Waals surface area contributed by atoms with E-state index in [4.69, 9.17) is 15.2 Å². The average molecular weight is 249 g/mol. The quantitative estimate of drug-likeness (QED) is 0.569. The fourth-order valence-electron chi connectivity index (χ4n) is 1.69. The molecule has 100 valence electrons. The Kier molecular flexibility index (Phi) is 6.47. The summed E-state index contributed by atoms with van der Waals surface area (Å²) in [5.41, 5.74) is 8.12. The number of benzene rings is 1. The smallest absolute Gasteiger partial charge is 0.122 e. The standard InChI is InChI=1S/C15H23NO2/c1-4-6-14-11-13(12(3)16)7-8-15(14)18-10-9-17-5-2/h4,7-8,11-12H,1,5-6,9-10,16H2,2-3H3. The molecule has 1 atom stereocenters. The van der Waals surface area contributed by atoms with Crippen molar-refractivity contribution in [2.24, 2.45) is 5.73 Å². The van der Waals surface area contributed by atoms with Crippen molar-refractivity contribution in [2.75, 3.05) is 19.8 Å². The van der Waals surface area contributed by atoms with Crippen LogP contribution in [0.3, 0.4) is 0 Å². The molecule has 0 radical (unpaired) electrons. The molecule has 1 aromatic carbocycles. The largest absolute Gasteiger partial charge is 0.491 e. The Morgan fingerprint density at radius 3 is 2.78 bits per heavy atom. The summed E-state index contributed by atoms with van der Waals surface area (Å²) in [6.07, 6.45) is 2.65. The second-order valence-electron chi connectivity index (χ2n) is 4.19. The minimum absolute atomic E-state index is 0.0334. The number of hydrogen-bond acceptors (Lipinski definition) is 3. The van der Waals surface area contributed by atoms with Gasteiger partial charge in [0.2, 0.25) is 0 Å². The Labute approximate surface area is 110 Å². The molecule has 18 heavy (non-hydrogen) atoms. The van der Waals surface area contributed by atoms with E-state index in [0.717, 1.165) is 23.3 Å². The second kappa shape index (κ2) is 7.90. The van der Waals surface area contributed by atoms with Crippen molar-refractivity contribution >= 4 is 0 Å². The first-order valence-electron chi connectivity index (χ1n) is 6.38. The Hall–Kier alpha value is -1.32. The highest BCUT2D eigenvalue weighted by atomic mass is 16.5. The van der Waals surface area contributed by atoms with E-state index in [1.165, 1.54) is 0 Å². The summed E-state index contributed by atoms with van der Waals surface area (Å²) in [4.78, 5) is 0. The van der Waals surface area contributed by atoms with Crippen LogP contribution in [0, 0.1) is 0 Å². The first kappa shape index (κ1) is 14.7. The van der Waals surface area contributed by atoms with Crippen LogP contribution in [0.1, 0.15) is 31.0 Å². The molecule has 0 bridgehead atoms. The second-order valence-corrected chi connectivity index (χ2v) is 4.19. The van der Waals surface area contributed by atoms with Gasteiger partial charge in [0.25, 0.3) is 0 Å². The van der Waals surface area contributed by atoms with Gasteiger partial charge in [-0.05, 0) is 37.5 Å². The third-order valence-electron chi connectivity index (χ3n) is 2.66. The molecule has 0 aliphatic rings. The molecule has 0 aliphatic carbocycles. The number of rotatable bonds is 8. The zero-order valence-electron chi connectivity index (χ0n) is 11.3. The van der Waals surface area contributed by atoms with Gasteiger partial charge in [-0.3, -0.25) is 0 Å². The van der Waals surface area contributed by atoms with Crippen molar-refractivity contribution < 1.29 is 9.47 Å². The molecule has 1 rings (SSSR count). The number of nitrogens with two attached hydrogens (primary N) is 1. The molecule has 3 heteroatoms. The molecular formula is C15H23NO2. The van der Waals surface area contributed by atoms with Crippen LogP contribution in [0.5, 0.6) is 5.75 Å². The number of hydrogen-bond donors (Lipinski definition) is 1. The van der Waals surface area contributed by atoms with Gasteiger partial charge in [-0.2, -0.15) is 0 Å². The van der Waals surface area contributed by atoms with Gasteiger partial charge in [-0.25, -0.2) is 0 Å². The molecule has 2 N–H and O–H groups in total. The lowest BCUT2D eigenvalue weighted by Crippen LogP contribution is -2.09. The van der Waals surface area contributed by atoms with E-state index in [2.05, 4.69) is 12.6 Å². The zero-order chi connectivity index (χ0) is 13.4. The molecule has 0 heterocycles. The first-order valence-corrected chi connectivity index (χ1v) is 6.38. The van der Waals surface area contributed by atoms with Crippen LogP contribution in [0.25, 0.3) is 0 Å². The Morgan fingerprint density at radius 2 is 2.17 bits per heavy atom. The molecule has 0 fully saturated rings. The van der Waals surface area contributed by atoms with Crippen LogP contribution in [0.4, 0.5) is 0 Å². The van der Waals surface area contributed by atoms with Crippen molar-refractivity contribution in [3.63, 3.8) is 0 Å². The van der Waals surface area contributed by atoms with Crippen molar-refractivity contribution in [3.8, 4) is 5.75 Å². The van der Waals surface area contributed by atoms with Crippen LogP contribution in [0.2, 0.25) is 0 Å². The van der Waals surface area contributed by atoms with E-state index in [9.17, 15) is 0 Å². The summed E-state index contributed by atoms with van der Waals surface area (Å²) in [6, 6.07) is 6.10. The van der Waals surface area contributed by atoms with E-state index in [0.29, 0.717) is 19.8 Å². The fraction of sp³-hybridized carbons (Fsp3) is 0.467. The molecule has 3 nitrogen and oxygen atoms in total. The maximum atomic E-state index is 5.88. The van der Waals surface area contributed by atoms with Gasteiger partial charge in [0, 0.05) is 12.6 Å². The molecule has 1 aromatic rings. The SMILES string of the molecule is C=CCc1cc(C(C)N)ccc1OCCOCC. The molecule has 0 saturated carbocycles. The average Bonchev–Trinajstić information content (AvgIpc) is 2.36. The lowest BCUT2D eigenvalue weighted by molar-refractivity contribution is 0.110. The minimum atomic E-state index is 0.0334. The number of allylic oxidation sites excluding steroid dienone is 1. The van der Waals surface area contributed by atoms with Crippen molar-refractivity contribution in [1.82, 2.24) is 0 Å². The predicted molar refractivity (Wildman–Crippen MR) is 74.9 cm³/mol. The summed E-state index contributed by atoms with van der Waals surface area (Å²) in [7, 11) is 0. The van der Waals surface area contributed by atoms with Crippen LogP contribution >= 0.6 is 0 Å². The van der Waals surface area contributed by atoms with Crippen molar-refractivity contribution in [3.05, 3.63) is 42.0 Å². The van der Waals surface area contributed by atoms with E-state index >= 15 is 0 Å². The fourth-order valence-corrected chi connectivity index (χ4v) is 1.69. The molecule has 1 unspecified atom stereocenters. The lowest BCUT2D eigenvalue weighted by atomic mass is 10.0. The number of ether oxygens (including phenoxy) is 2. The van der Waals surface area contributed by atoms with E-state index in [1.807, 2.05) is 32.1 Å². The third-order valence-corrected chi connectivity index (χ3v) is 2.66. The molecule has 0 aromatic heterocycles. The molecule has 0 aliphatic heterocycles. The van der Waals surface area contributed by atoms with Gasteiger partial charge in [0.1, 0.15) is 12.4 Å². The predicted octanol–water partition coefficient (Wildman–Crippen LogP) is 2.85. The van der Waals surface area contributed by atoms with Crippen LogP contribution < -0.4 is 10.5 Å².